The Hall–Kier alpha value is -2.72. The largest absolute Gasteiger partial charge is 0.487 e. The van der Waals surface area contributed by atoms with Crippen molar-refractivity contribution in [1.82, 2.24) is 16.0 Å². The summed E-state index contributed by atoms with van der Waals surface area (Å²) in [6, 6.07) is 4.67. The molecular weight excluding hydrogens is 663 g/mol. The maximum Gasteiger partial charge on any atom is 0.315 e. The molecule has 0 saturated carbocycles. The van der Waals surface area contributed by atoms with Crippen molar-refractivity contribution in [3.63, 3.8) is 0 Å². The van der Waals surface area contributed by atoms with E-state index in [1.165, 1.54) is 19.3 Å². The van der Waals surface area contributed by atoms with Crippen molar-refractivity contribution in [2.45, 2.75) is 165 Å². The Kier molecular flexibility index (Phi) is 13.8. The number of benzene rings is 1. The van der Waals surface area contributed by atoms with Crippen LogP contribution in [0.5, 0.6) is 11.5 Å². The van der Waals surface area contributed by atoms with Gasteiger partial charge in [-0.25, -0.2) is 4.79 Å². The molecule has 0 bridgehead atoms. The van der Waals surface area contributed by atoms with Gasteiger partial charge in [0.2, 0.25) is 5.91 Å². The van der Waals surface area contributed by atoms with Crippen molar-refractivity contribution in [2.75, 3.05) is 18.9 Å². The molecule has 5 rings (SSSR count). The summed E-state index contributed by atoms with van der Waals surface area (Å²) in [6.07, 6.45) is 15.5. The molecule has 3 aliphatic heterocycles. The Morgan fingerprint density at radius 1 is 1.06 bits per heavy atom. The number of fused-ring (bicyclic) bond motifs is 4. The molecular formula is C41H63N3O6S. The maximum absolute atomic E-state index is 13.4. The fourth-order valence-corrected chi connectivity index (χ4v) is 10.1. The van der Waals surface area contributed by atoms with Crippen molar-refractivity contribution in [1.29, 1.82) is 0 Å². The predicted octanol–water partition coefficient (Wildman–Crippen LogP) is 7.83. The summed E-state index contributed by atoms with van der Waals surface area (Å²) in [5.41, 5.74) is 2.64. The minimum Gasteiger partial charge on any atom is -0.487 e. The molecule has 284 valence electrons. The maximum atomic E-state index is 13.4. The van der Waals surface area contributed by atoms with E-state index in [0.717, 1.165) is 86.0 Å². The third kappa shape index (κ3) is 10.2. The number of esters is 1. The summed E-state index contributed by atoms with van der Waals surface area (Å²) in [4.78, 5) is 37.4. The van der Waals surface area contributed by atoms with Gasteiger partial charge in [-0.3, -0.25) is 9.59 Å². The van der Waals surface area contributed by atoms with E-state index in [1.807, 2.05) is 11.8 Å². The van der Waals surface area contributed by atoms with Gasteiger partial charge in [-0.2, -0.15) is 11.8 Å². The quantitative estimate of drug-likeness (QED) is 0.0377. The second-order valence-corrected chi connectivity index (χ2v) is 17.7. The van der Waals surface area contributed by atoms with E-state index in [4.69, 9.17) is 9.47 Å². The lowest BCUT2D eigenvalue weighted by atomic mass is 9.66. The van der Waals surface area contributed by atoms with Gasteiger partial charge in [0.25, 0.3) is 0 Å². The van der Waals surface area contributed by atoms with E-state index in [2.05, 4.69) is 68.8 Å². The number of hydrogen-bond acceptors (Lipinski definition) is 7. The first-order valence-electron chi connectivity index (χ1n) is 19.7. The molecule has 0 radical (unpaired) electrons. The number of urea groups is 1. The normalized spacial score (nSPS) is 24.7. The number of hydrogen-bond donors (Lipinski definition) is 4. The van der Waals surface area contributed by atoms with Crippen molar-refractivity contribution in [3.05, 3.63) is 34.9 Å². The molecule has 10 heteroatoms. The standard InChI is InChI=1S/C41H63N3O6S/c1-6-7-8-13-20-40(2,3)28-23-32(37-29-22-27(25-45)18-19-30(29)41(4,5)50-33(37)24-28)49-36(47)17-10-9-14-21-42-35(46)16-12-11-15-34-38-31(26-51-34)43-39(48)44-38/h18,23-24,29-31,34,38,45H,6-17,19-22,25-26H2,1-5H3,(H,42,46)(H2,43,44,48)/t29-,30-,31?,34+,38?/m1/s1. The highest BCUT2D eigenvalue weighted by atomic mass is 32.2. The molecule has 4 aliphatic rings. The number of aliphatic hydroxyl groups is 1. The molecule has 2 saturated heterocycles. The number of nitrogens with one attached hydrogen (secondary N) is 3. The molecule has 4 N–H and O–H groups in total. The highest BCUT2D eigenvalue weighted by Crippen LogP contribution is 2.55. The van der Waals surface area contributed by atoms with Crippen molar-refractivity contribution in [3.8, 4) is 11.5 Å². The van der Waals surface area contributed by atoms with Gasteiger partial charge < -0.3 is 30.5 Å². The average Bonchev–Trinajstić information content (AvgIpc) is 3.64. The van der Waals surface area contributed by atoms with Crippen LogP contribution in [-0.2, 0) is 15.0 Å². The van der Waals surface area contributed by atoms with Crippen LogP contribution in [0.2, 0.25) is 0 Å². The van der Waals surface area contributed by atoms with Gasteiger partial charge in [-0.05, 0) is 87.5 Å². The SMILES string of the molecule is CCCCCCC(C)(C)c1cc(OC(=O)CCCCCNC(=O)CCCC[C@@H]2SCC3NC(=O)NC32)c2c(c1)OC(C)(C)[C@@H]1CC=C(CO)C[C@@H]21. The van der Waals surface area contributed by atoms with Crippen LogP contribution in [0.25, 0.3) is 0 Å². The number of aliphatic hydroxyl groups excluding tert-OH is 1. The van der Waals surface area contributed by atoms with Crippen LogP contribution in [0.4, 0.5) is 4.79 Å². The van der Waals surface area contributed by atoms with Crippen LogP contribution in [0.3, 0.4) is 0 Å². The number of amides is 3. The van der Waals surface area contributed by atoms with E-state index in [1.54, 1.807) is 0 Å². The number of ether oxygens (including phenoxy) is 2. The molecule has 2 fully saturated rings. The van der Waals surface area contributed by atoms with E-state index >= 15 is 0 Å². The fraction of sp³-hybridized carbons (Fsp3) is 0.732. The molecule has 2 unspecified atom stereocenters. The zero-order valence-electron chi connectivity index (χ0n) is 31.7. The van der Waals surface area contributed by atoms with Gasteiger partial charge in [0.05, 0.1) is 18.7 Å². The molecule has 9 nitrogen and oxygen atoms in total. The average molecular weight is 726 g/mol. The summed E-state index contributed by atoms with van der Waals surface area (Å²) in [5.74, 6) is 2.53. The van der Waals surface area contributed by atoms with Crippen molar-refractivity contribution < 1.29 is 29.0 Å². The van der Waals surface area contributed by atoms with Gasteiger partial charge in [0, 0.05) is 47.8 Å². The number of carbonyl (C=O) groups is 3. The van der Waals surface area contributed by atoms with Crippen LogP contribution in [-0.4, -0.2) is 64.9 Å². The lowest BCUT2D eigenvalue weighted by molar-refractivity contribution is -0.134. The first kappa shape index (κ1) is 39.5. The van der Waals surface area contributed by atoms with E-state index in [-0.39, 0.29) is 59.5 Å². The van der Waals surface area contributed by atoms with E-state index in [0.29, 0.717) is 36.8 Å². The summed E-state index contributed by atoms with van der Waals surface area (Å²) < 4.78 is 13.0. The van der Waals surface area contributed by atoms with Crippen molar-refractivity contribution in [2.24, 2.45) is 5.92 Å². The van der Waals surface area contributed by atoms with Crippen LogP contribution in [0.1, 0.15) is 148 Å². The van der Waals surface area contributed by atoms with Crippen molar-refractivity contribution >= 4 is 29.7 Å². The lowest BCUT2D eigenvalue weighted by Gasteiger charge is -2.47. The zero-order valence-corrected chi connectivity index (χ0v) is 32.6. The Balaban J connectivity index is 1.11. The van der Waals surface area contributed by atoms with Gasteiger partial charge in [0.1, 0.15) is 17.1 Å². The number of carbonyl (C=O) groups excluding carboxylic acids is 3. The predicted molar refractivity (Wildman–Crippen MR) is 205 cm³/mol. The topological polar surface area (TPSA) is 126 Å². The summed E-state index contributed by atoms with van der Waals surface area (Å²) in [6.45, 7) is 11.7. The minimum absolute atomic E-state index is 0.0404. The molecule has 1 aromatic rings. The first-order valence-corrected chi connectivity index (χ1v) is 20.8. The first-order chi connectivity index (χ1) is 24.4. The monoisotopic (exact) mass is 725 g/mol. The highest BCUT2D eigenvalue weighted by Gasteiger charge is 2.47. The molecule has 3 amide bonds. The third-order valence-corrected chi connectivity index (χ3v) is 13.2. The van der Waals surface area contributed by atoms with Crippen LogP contribution >= 0.6 is 11.8 Å². The van der Waals surface area contributed by atoms with Gasteiger partial charge in [-0.15, -0.1) is 0 Å². The van der Waals surface area contributed by atoms with E-state index in [9.17, 15) is 19.5 Å². The van der Waals surface area contributed by atoms with Crippen LogP contribution < -0.4 is 25.4 Å². The Morgan fingerprint density at radius 3 is 2.63 bits per heavy atom. The van der Waals surface area contributed by atoms with Crippen LogP contribution in [0, 0.1) is 5.92 Å². The molecule has 1 aliphatic carbocycles. The van der Waals surface area contributed by atoms with Gasteiger partial charge in [0.15, 0.2) is 0 Å². The summed E-state index contributed by atoms with van der Waals surface area (Å²) in [7, 11) is 0. The Labute approximate surface area is 310 Å². The molecule has 5 atom stereocenters. The number of rotatable bonds is 19. The number of unbranched alkanes of at least 4 members (excludes halogenated alkanes) is 6. The highest BCUT2D eigenvalue weighted by molar-refractivity contribution is 8.00. The number of thioether (sulfide) groups is 1. The molecule has 51 heavy (non-hydrogen) atoms. The minimum atomic E-state index is -0.387. The third-order valence-electron chi connectivity index (χ3n) is 11.7. The molecule has 3 heterocycles. The Morgan fingerprint density at radius 2 is 1.84 bits per heavy atom. The number of allylic oxidation sites excluding steroid dienone is 1. The second kappa shape index (κ2) is 17.9. The summed E-state index contributed by atoms with van der Waals surface area (Å²) in [5, 5.41) is 19.5. The molecule has 0 aromatic heterocycles. The Bertz CT molecular complexity index is 1410. The van der Waals surface area contributed by atoms with Gasteiger partial charge in [-0.1, -0.05) is 65.4 Å². The lowest BCUT2D eigenvalue weighted by Crippen LogP contribution is -2.46. The molecule has 0 spiro atoms. The second-order valence-electron chi connectivity index (χ2n) is 16.5. The fourth-order valence-electron chi connectivity index (χ4n) is 8.52. The smallest absolute Gasteiger partial charge is 0.315 e. The summed E-state index contributed by atoms with van der Waals surface area (Å²) >= 11 is 1.91. The van der Waals surface area contributed by atoms with Gasteiger partial charge >= 0.3 is 12.0 Å². The zero-order chi connectivity index (χ0) is 36.6. The van der Waals surface area contributed by atoms with Crippen LogP contribution in [0.15, 0.2) is 23.8 Å². The van der Waals surface area contributed by atoms with E-state index < -0.39 is 0 Å². The molecule has 1 aromatic carbocycles.